The maximum atomic E-state index is 11.7. The topological polar surface area (TPSA) is 84.0 Å². The predicted octanol–water partition coefficient (Wildman–Crippen LogP) is 3.54. The smallest absolute Gasteiger partial charge is 0.220 e. The molecule has 1 N–H and O–H groups in total. The summed E-state index contributed by atoms with van der Waals surface area (Å²) in [5.74, 6) is 1.93. The molecular formula is C26H30N4O4S. The van der Waals surface area contributed by atoms with Crippen molar-refractivity contribution in [2.45, 2.75) is 26.4 Å². The van der Waals surface area contributed by atoms with Crippen LogP contribution in [-0.4, -0.2) is 67.6 Å². The number of methoxy groups -OCH3 is 1. The fraction of sp³-hybridized carbons (Fsp3) is 0.423. The van der Waals surface area contributed by atoms with Gasteiger partial charge in [-0.15, -0.1) is 11.3 Å². The Bertz CT molecular complexity index is 1250. The molecule has 9 heteroatoms. The van der Waals surface area contributed by atoms with Gasteiger partial charge in [-0.25, -0.2) is 4.98 Å². The van der Waals surface area contributed by atoms with Gasteiger partial charge in [-0.2, -0.15) is 0 Å². The second-order valence-corrected chi connectivity index (χ2v) is 10.0. The number of benzene rings is 2. The number of piperazine rings is 1. The quantitative estimate of drug-likeness (QED) is 0.564. The zero-order valence-electron chi connectivity index (χ0n) is 20.2. The van der Waals surface area contributed by atoms with Crippen LogP contribution in [0.3, 0.4) is 0 Å². The molecule has 1 aromatic heterocycles. The number of rotatable bonds is 6. The molecule has 184 valence electrons. The second-order valence-electron chi connectivity index (χ2n) is 9.15. The first-order chi connectivity index (χ1) is 16.9. The summed E-state index contributed by atoms with van der Waals surface area (Å²) in [4.78, 5) is 32.0. The molecule has 0 bridgehead atoms. The standard InChI is InChI=1S/C26H30N4O4S/c1-16(20-13-25(32)27-14-20)34-24-12-19(10-21-26(24)35-15-28-21)18-4-5-22(23(11-18)33-3)30-8-6-29(7-9-30)17(2)31/h4-5,10-12,15-16,20H,6-9,13-14H2,1-3H3,(H,27,32)/t16-,20?/m1/s1. The van der Waals surface area contributed by atoms with E-state index in [0.717, 1.165) is 51.6 Å². The van der Waals surface area contributed by atoms with E-state index in [1.54, 1.807) is 25.4 Å². The van der Waals surface area contributed by atoms with Crippen molar-refractivity contribution in [3.63, 3.8) is 0 Å². The first-order valence-electron chi connectivity index (χ1n) is 11.9. The van der Waals surface area contributed by atoms with Crippen molar-refractivity contribution in [2.24, 2.45) is 5.92 Å². The fourth-order valence-corrected chi connectivity index (χ4v) is 5.56. The molecule has 5 rings (SSSR count). The molecule has 2 saturated heterocycles. The Morgan fingerprint density at radius 2 is 1.91 bits per heavy atom. The van der Waals surface area contributed by atoms with Crippen LogP contribution in [0.5, 0.6) is 11.5 Å². The molecule has 35 heavy (non-hydrogen) atoms. The molecule has 2 fully saturated rings. The maximum absolute atomic E-state index is 11.7. The molecule has 0 radical (unpaired) electrons. The number of anilines is 1. The largest absolute Gasteiger partial charge is 0.495 e. The van der Waals surface area contributed by atoms with E-state index < -0.39 is 0 Å². The zero-order valence-corrected chi connectivity index (χ0v) is 21.1. The van der Waals surface area contributed by atoms with Crippen molar-refractivity contribution in [3.05, 3.63) is 35.8 Å². The molecule has 3 aromatic rings. The van der Waals surface area contributed by atoms with Crippen LogP contribution in [0.2, 0.25) is 0 Å². The first kappa shape index (κ1) is 23.4. The van der Waals surface area contributed by atoms with E-state index in [1.165, 1.54) is 0 Å². The van der Waals surface area contributed by atoms with Crippen molar-refractivity contribution in [3.8, 4) is 22.6 Å². The third-order valence-electron chi connectivity index (χ3n) is 6.96. The lowest BCUT2D eigenvalue weighted by Gasteiger charge is -2.36. The molecule has 0 aliphatic carbocycles. The number of hydrogen-bond donors (Lipinski definition) is 1. The molecule has 0 spiro atoms. The number of fused-ring (bicyclic) bond motifs is 1. The number of aromatic nitrogens is 1. The normalized spacial score (nSPS) is 19.1. The van der Waals surface area contributed by atoms with E-state index in [1.807, 2.05) is 23.4 Å². The highest BCUT2D eigenvalue weighted by atomic mass is 32.1. The van der Waals surface area contributed by atoms with Gasteiger partial charge in [0.1, 0.15) is 17.6 Å². The summed E-state index contributed by atoms with van der Waals surface area (Å²) in [6.45, 7) is 7.25. The Morgan fingerprint density at radius 1 is 1.14 bits per heavy atom. The maximum Gasteiger partial charge on any atom is 0.220 e. The van der Waals surface area contributed by atoms with Crippen molar-refractivity contribution >= 4 is 39.1 Å². The van der Waals surface area contributed by atoms with Crippen molar-refractivity contribution in [1.29, 1.82) is 0 Å². The highest BCUT2D eigenvalue weighted by Crippen LogP contribution is 2.39. The third kappa shape index (κ3) is 4.77. The van der Waals surface area contributed by atoms with Crippen LogP contribution in [-0.2, 0) is 9.59 Å². The molecule has 0 saturated carbocycles. The number of carbonyl (C=O) groups excluding carboxylic acids is 2. The van der Waals surface area contributed by atoms with Crippen LogP contribution in [0.25, 0.3) is 21.3 Å². The minimum absolute atomic E-state index is 0.0806. The fourth-order valence-electron chi connectivity index (χ4n) is 4.83. The van der Waals surface area contributed by atoms with Gasteiger partial charge in [0.25, 0.3) is 0 Å². The number of hydrogen-bond acceptors (Lipinski definition) is 7. The minimum Gasteiger partial charge on any atom is -0.495 e. The lowest BCUT2D eigenvalue weighted by atomic mass is 10.0. The van der Waals surface area contributed by atoms with Crippen LogP contribution >= 0.6 is 11.3 Å². The number of ether oxygens (including phenoxy) is 2. The Kier molecular flexibility index (Phi) is 6.51. The molecule has 8 nitrogen and oxygen atoms in total. The lowest BCUT2D eigenvalue weighted by molar-refractivity contribution is -0.129. The summed E-state index contributed by atoms with van der Waals surface area (Å²) >= 11 is 1.56. The third-order valence-corrected chi connectivity index (χ3v) is 7.82. The van der Waals surface area contributed by atoms with Crippen LogP contribution in [0, 0.1) is 5.92 Å². The summed E-state index contributed by atoms with van der Waals surface area (Å²) in [6, 6.07) is 10.4. The predicted molar refractivity (Wildman–Crippen MR) is 137 cm³/mol. The van der Waals surface area contributed by atoms with Gasteiger partial charge in [-0.3, -0.25) is 9.59 Å². The van der Waals surface area contributed by atoms with E-state index in [0.29, 0.717) is 26.1 Å². The molecule has 2 aliphatic rings. The lowest BCUT2D eigenvalue weighted by Crippen LogP contribution is -2.48. The summed E-state index contributed by atoms with van der Waals surface area (Å²) in [5.41, 5.74) is 5.75. The average molecular weight is 495 g/mol. The van der Waals surface area contributed by atoms with Gasteiger partial charge in [0, 0.05) is 52.0 Å². The van der Waals surface area contributed by atoms with E-state index in [2.05, 4.69) is 39.5 Å². The Hall–Kier alpha value is -3.33. The second kappa shape index (κ2) is 9.73. The number of thiazole rings is 1. The number of amides is 2. The Labute approximate surface area is 208 Å². The van der Waals surface area contributed by atoms with Gasteiger partial charge < -0.3 is 24.6 Å². The Balaban J connectivity index is 1.42. The van der Waals surface area contributed by atoms with E-state index in [4.69, 9.17) is 9.47 Å². The summed E-state index contributed by atoms with van der Waals surface area (Å²) in [5, 5.41) is 2.89. The van der Waals surface area contributed by atoms with E-state index in [9.17, 15) is 9.59 Å². The molecular weight excluding hydrogens is 464 g/mol. The SMILES string of the molecule is COc1cc(-c2cc(O[C@H](C)C3CNC(=O)C3)c3scnc3c2)ccc1N1CCN(C(C)=O)CC1. The number of nitrogens with one attached hydrogen (secondary N) is 1. The summed E-state index contributed by atoms with van der Waals surface area (Å²) in [7, 11) is 1.69. The van der Waals surface area contributed by atoms with E-state index >= 15 is 0 Å². The average Bonchev–Trinajstić information content (AvgIpc) is 3.53. The number of carbonyl (C=O) groups is 2. The van der Waals surface area contributed by atoms with Gasteiger partial charge in [-0.05, 0) is 42.3 Å². The van der Waals surface area contributed by atoms with Gasteiger partial charge >= 0.3 is 0 Å². The van der Waals surface area contributed by atoms with Crippen LogP contribution in [0.4, 0.5) is 5.69 Å². The molecule has 2 atom stereocenters. The molecule has 2 amide bonds. The summed E-state index contributed by atoms with van der Waals surface area (Å²) in [6.07, 6.45) is 0.395. The van der Waals surface area contributed by atoms with Crippen molar-refractivity contribution in [1.82, 2.24) is 15.2 Å². The van der Waals surface area contributed by atoms with Crippen LogP contribution < -0.4 is 19.7 Å². The van der Waals surface area contributed by atoms with E-state index in [-0.39, 0.29) is 23.8 Å². The van der Waals surface area contributed by atoms with Gasteiger partial charge in [0.2, 0.25) is 11.8 Å². The van der Waals surface area contributed by atoms with Gasteiger partial charge in [0.05, 0.1) is 28.5 Å². The minimum atomic E-state index is -0.0971. The van der Waals surface area contributed by atoms with Crippen LogP contribution in [0.15, 0.2) is 35.8 Å². The molecule has 3 heterocycles. The highest BCUT2D eigenvalue weighted by Gasteiger charge is 2.28. The monoisotopic (exact) mass is 494 g/mol. The van der Waals surface area contributed by atoms with Gasteiger partial charge in [-0.1, -0.05) is 6.07 Å². The molecule has 2 aliphatic heterocycles. The summed E-state index contributed by atoms with van der Waals surface area (Å²) < 4.78 is 13.2. The van der Waals surface area contributed by atoms with Crippen molar-refractivity contribution in [2.75, 3.05) is 44.7 Å². The first-order valence-corrected chi connectivity index (χ1v) is 12.8. The number of nitrogens with zero attached hydrogens (tertiary/aromatic N) is 3. The van der Waals surface area contributed by atoms with Gasteiger partial charge in [0.15, 0.2) is 0 Å². The van der Waals surface area contributed by atoms with Crippen LogP contribution in [0.1, 0.15) is 20.3 Å². The molecule has 2 aromatic carbocycles. The molecule has 1 unspecified atom stereocenters. The Morgan fingerprint density at radius 3 is 2.60 bits per heavy atom. The zero-order chi connectivity index (χ0) is 24.5. The highest BCUT2D eigenvalue weighted by molar-refractivity contribution is 7.17. The van der Waals surface area contributed by atoms with Crippen molar-refractivity contribution < 1.29 is 19.1 Å².